The molecule has 1 amide bonds. The monoisotopic (exact) mass is 309 g/mol. The van der Waals surface area contributed by atoms with Crippen LogP contribution in [0.1, 0.15) is 12.8 Å². The summed E-state index contributed by atoms with van der Waals surface area (Å²) in [6.07, 6.45) is 3.78. The minimum Gasteiger partial charge on any atom is -0.325 e. The Morgan fingerprint density at radius 3 is 2.75 bits per heavy atom. The number of nitrogens with one attached hydrogen (secondary N) is 2. The second-order valence-electron chi connectivity index (χ2n) is 4.55. The van der Waals surface area contributed by atoms with Crippen LogP contribution in [0.5, 0.6) is 0 Å². The molecule has 0 spiro atoms. The second-order valence-corrected chi connectivity index (χ2v) is 5.45. The third kappa shape index (κ3) is 3.36. The number of rotatable bonds is 3. The number of halogens is 1. The first kappa shape index (κ1) is 15.0. The van der Waals surface area contributed by atoms with E-state index in [9.17, 15) is 4.79 Å². The molecular formula is C14H16ClN3OS. The van der Waals surface area contributed by atoms with Crippen LogP contribution in [0.3, 0.4) is 0 Å². The molecule has 2 aromatic rings. The average molecular weight is 310 g/mol. The summed E-state index contributed by atoms with van der Waals surface area (Å²) in [7, 11) is 0. The Morgan fingerprint density at radius 1 is 1.35 bits per heavy atom. The molecule has 1 aromatic heterocycles. The van der Waals surface area contributed by atoms with Gasteiger partial charge in [-0.2, -0.15) is 0 Å². The van der Waals surface area contributed by atoms with Crippen molar-refractivity contribution >= 4 is 35.3 Å². The van der Waals surface area contributed by atoms with Gasteiger partial charge in [0, 0.05) is 22.8 Å². The largest absolute Gasteiger partial charge is 0.325 e. The molecule has 4 nitrogen and oxygen atoms in total. The summed E-state index contributed by atoms with van der Waals surface area (Å²) in [4.78, 5) is 16.2. The predicted molar refractivity (Wildman–Crippen MR) is 84.5 cm³/mol. The van der Waals surface area contributed by atoms with E-state index in [4.69, 9.17) is 0 Å². The SMILES string of the molecule is Cl.O=C(Nc1ccc(-c2nccs2)cc1)[C@@H]1CCCN1. The van der Waals surface area contributed by atoms with E-state index in [1.807, 2.05) is 29.6 Å². The summed E-state index contributed by atoms with van der Waals surface area (Å²) >= 11 is 1.61. The van der Waals surface area contributed by atoms with Crippen molar-refractivity contribution in [2.24, 2.45) is 0 Å². The molecule has 1 atom stereocenters. The molecule has 1 aliphatic rings. The van der Waals surface area contributed by atoms with Crippen molar-refractivity contribution in [3.05, 3.63) is 35.8 Å². The molecule has 1 saturated heterocycles. The van der Waals surface area contributed by atoms with Crippen LogP contribution in [0.2, 0.25) is 0 Å². The molecule has 0 saturated carbocycles. The fourth-order valence-electron chi connectivity index (χ4n) is 2.20. The number of benzene rings is 1. The van der Waals surface area contributed by atoms with Crippen LogP contribution in [0.4, 0.5) is 5.69 Å². The summed E-state index contributed by atoms with van der Waals surface area (Å²) in [6, 6.07) is 7.76. The number of carbonyl (C=O) groups is 1. The van der Waals surface area contributed by atoms with Gasteiger partial charge >= 0.3 is 0 Å². The molecule has 1 aromatic carbocycles. The third-order valence-corrected chi connectivity index (χ3v) is 4.03. The van der Waals surface area contributed by atoms with Crippen molar-refractivity contribution in [1.82, 2.24) is 10.3 Å². The van der Waals surface area contributed by atoms with Crippen molar-refractivity contribution in [2.75, 3.05) is 11.9 Å². The van der Waals surface area contributed by atoms with Gasteiger partial charge in [0.1, 0.15) is 5.01 Å². The van der Waals surface area contributed by atoms with E-state index in [1.54, 1.807) is 17.5 Å². The summed E-state index contributed by atoms with van der Waals surface area (Å²) in [5, 5.41) is 9.08. The Balaban J connectivity index is 0.00000147. The Bertz CT molecular complexity index is 550. The molecule has 106 valence electrons. The number of aromatic nitrogens is 1. The normalized spacial score (nSPS) is 17.5. The topological polar surface area (TPSA) is 54.0 Å². The lowest BCUT2D eigenvalue weighted by Crippen LogP contribution is -2.35. The average Bonchev–Trinajstić information content (AvgIpc) is 3.13. The van der Waals surface area contributed by atoms with Crippen molar-refractivity contribution in [2.45, 2.75) is 18.9 Å². The zero-order valence-corrected chi connectivity index (χ0v) is 12.5. The van der Waals surface area contributed by atoms with Gasteiger partial charge in [0.05, 0.1) is 6.04 Å². The van der Waals surface area contributed by atoms with Crippen molar-refractivity contribution in [1.29, 1.82) is 0 Å². The lowest BCUT2D eigenvalue weighted by molar-refractivity contribution is -0.117. The first-order valence-corrected chi connectivity index (χ1v) is 7.25. The molecule has 0 radical (unpaired) electrons. The van der Waals surface area contributed by atoms with E-state index in [0.717, 1.165) is 35.6 Å². The molecule has 0 aliphatic carbocycles. The van der Waals surface area contributed by atoms with Crippen molar-refractivity contribution in [3.8, 4) is 10.6 Å². The van der Waals surface area contributed by atoms with E-state index in [-0.39, 0.29) is 24.4 Å². The van der Waals surface area contributed by atoms with Gasteiger partial charge in [-0.05, 0) is 43.7 Å². The van der Waals surface area contributed by atoms with Crippen LogP contribution in [0.15, 0.2) is 35.8 Å². The fraction of sp³-hybridized carbons (Fsp3) is 0.286. The highest BCUT2D eigenvalue weighted by Gasteiger charge is 2.21. The molecular weight excluding hydrogens is 294 g/mol. The Morgan fingerprint density at radius 2 is 2.15 bits per heavy atom. The van der Waals surface area contributed by atoms with E-state index < -0.39 is 0 Å². The quantitative estimate of drug-likeness (QED) is 0.916. The highest BCUT2D eigenvalue weighted by Crippen LogP contribution is 2.23. The molecule has 0 bridgehead atoms. The van der Waals surface area contributed by atoms with Crippen molar-refractivity contribution < 1.29 is 4.79 Å². The first-order valence-electron chi connectivity index (χ1n) is 6.37. The summed E-state index contributed by atoms with van der Waals surface area (Å²) in [6.45, 7) is 0.932. The lowest BCUT2D eigenvalue weighted by Gasteiger charge is -2.11. The van der Waals surface area contributed by atoms with E-state index in [0.29, 0.717) is 0 Å². The van der Waals surface area contributed by atoms with Crippen LogP contribution in [-0.4, -0.2) is 23.5 Å². The number of anilines is 1. The summed E-state index contributed by atoms with van der Waals surface area (Å²) < 4.78 is 0. The van der Waals surface area contributed by atoms with Gasteiger partial charge in [-0.15, -0.1) is 23.7 Å². The molecule has 2 heterocycles. The number of hydrogen-bond donors (Lipinski definition) is 2. The zero-order chi connectivity index (χ0) is 13.1. The highest BCUT2D eigenvalue weighted by atomic mass is 35.5. The molecule has 1 fully saturated rings. The molecule has 3 rings (SSSR count). The second kappa shape index (κ2) is 6.83. The van der Waals surface area contributed by atoms with Crippen LogP contribution in [0.25, 0.3) is 10.6 Å². The Kier molecular flexibility index (Phi) is 5.11. The standard InChI is InChI=1S/C14H15N3OS.ClH/c18-13(12-2-1-7-15-12)17-11-5-3-10(4-6-11)14-16-8-9-19-14;/h3-6,8-9,12,15H,1-2,7H2,(H,17,18);1H/t12-;/m0./s1. The lowest BCUT2D eigenvalue weighted by atomic mass is 10.2. The highest BCUT2D eigenvalue weighted by molar-refractivity contribution is 7.13. The number of hydrogen-bond acceptors (Lipinski definition) is 4. The van der Waals surface area contributed by atoms with E-state index in [1.165, 1.54) is 0 Å². The summed E-state index contributed by atoms with van der Waals surface area (Å²) in [5.74, 6) is 0.0551. The van der Waals surface area contributed by atoms with Gasteiger partial charge in [-0.1, -0.05) is 0 Å². The Hall–Kier alpha value is -1.43. The predicted octanol–water partition coefficient (Wildman–Crippen LogP) is 2.92. The number of amides is 1. The number of nitrogens with zero attached hydrogens (tertiary/aromatic N) is 1. The van der Waals surface area contributed by atoms with Gasteiger partial charge in [0.2, 0.25) is 5.91 Å². The van der Waals surface area contributed by atoms with Gasteiger partial charge < -0.3 is 10.6 Å². The van der Waals surface area contributed by atoms with Gasteiger partial charge in [-0.25, -0.2) is 4.98 Å². The zero-order valence-electron chi connectivity index (χ0n) is 10.8. The van der Waals surface area contributed by atoms with Crippen LogP contribution in [0, 0.1) is 0 Å². The minimum absolute atomic E-state index is 0. The minimum atomic E-state index is -0.0429. The van der Waals surface area contributed by atoms with Gasteiger partial charge in [-0.3, -0.25) is 4.79 Å². The van der Waals surface area contributed by atoms with Crippen LogP contribution < -0.4 is 10.6 Å². The fourth-order valence-corrected chi connectivity index (χ4v) is 2.84. The van der Waals surface area contributed by atoms with Gasteiger partial charge in [0.25, 0.3) is 0 Å². The van der Waals surface area contributed by atoms with E-state index >= 15 is 0 Å². The third-order valence-electron chi connectivity index (χ3n) is 3.21. The molecule has 1 aliphatic heterocycles. The number of thiazole rings is 1. The first-order chi connectivity index (χ1) is 9.33. The Labute approximate surface area is 128 Å². The number of carbonyl (C=O) groups excluding carboxylic acids is 1. The van der Waals surface area contributed by atoms with Crippen LogP contribution in [-0.2, 0) is 4.79 Å². The smallest absolute Gasteiger partial charge is 0.241 e. The molecule has 2 N–H and O–H groups in total. The molecule has 0 unspecified atom stereocenters. The maximum Gasteiger partial charge on any atom is 0.241 e. The van der Waals surface area contributed by atoms with Gasteiger partial charge in [0.15, 0.2) is 0 Å². The molecule has 20 heavy (non-hydrogen) atoms. The molecule has 6 heteroatoms. The summed E-state index contributed by atoms with van der Waals surface area (Å²) in [5.41, 5.74) is 1.91. The van der Waals surface area contributed by atoms with E-state index in [2.05, 4.69) is 15.6 Å². The van der Waals surface area contributed by atoms with Crippen molar-refractivity contribution in [3.63, 3.8) is 0 Å². The van der Waals surface area contributed by atoms with Crippen LogP contribution >= 0.6 is 23.7 Å². The maximum atomic E-state index is 11.9. The maximum absolute atomic E-state index is 11.9.